The maximum absolute atomic E-state index is 12.4. The fraction of sp³-hybridized carbons (Fsp3) is 0.273. The first-order valence-corrected chi connectivity index (χ1v) is 9.60. The molecule has 1 aliphatic rings. The lowest BCUT2D eigenvalue weighted by Gasteiger charge is -2.36. The van der Waals surface area contributed by atoms with Crippen LogP contribution < -0.4 is 15.0 Å². The summed E-state index contributed by atoms with van der Waals surface area (Å²) >= 11 is 0. The number of piperazine rings is 1. The second-order valence-electron chi connectivity index (χ2n) is 6.72. The number of aromatic nitrogens is 1. The minimum Gasteiger partial charge on any atom is -0.489 e. The van der Waals surface area contributed by atoms with Crippen LogP contribution in [-0.2, 0) is 0 Å². The number of carbonyl (C=O) groups excluding carboxylic acids is 1. The molecule has 1 fully saturated rings. The first kappa shape index (κ1) is 18.1. The SMILES string of the molecule is O=C(NCCOc1cccc2cccnc12)N1CCN(c2ccccc2)CC1. The summed E-state index contributed by atoms with van der Waals surface area (Å²) < 4.78 is 5.83. The lowest BCUT2D eigenvalue weighted by Crippen LogP contribution is -2.52. The molecule has 3 aromatic rings. The number of benzene rings is 2. The number of nitrogens with one attached hydrogen (secondary N) is 1. The molecule has 2 amide bonds. The fourth-order valence-electron chi connectivity index (χ4n) is 3.43. The molecule has 4 rings (SSSR count). The molecule has 0 unspecified atom stereocenters. The smallest absolute Gasteiger partial charge is 0.317 e. The van der Waals surface area contributed by atoms with E-state index in [9.17, 15) is 4.79 Å². The highest BCUT2D eigenvalue weighted by atomic mass is 16.5. The number of pyridine rings is 1. The molecule has 6 heteroatoms. The van der Waals surface area contributed by atoms with Gasteiger partial charge in [-0.2, -0.15) is 0 Å². The summed E-state index contributed by atoms with van der Waals surface area (Å²) in [6.07, 6.45) is 1.76. The van der Waals surface area contributed by atoms with Gasteiger partial charge in [-0.15, -0.1) is 0 Å². The molecule has 0 atom stereocenters. The van der Waals surface area contributed by atoms with E-state index in [0.29, 0.717) is 13.2 Å². The van der Waals surface area contributed by atoms with Crippen molar-refractivity contribution in [3.05, 3.63) is 66.9 Å². The lowest BCUT2D eigenvalue weighted by atomic mass is 10.2. The monoisotopic (exact) mass is 376 g/mol. The molecule has 2 aromatic carbocycles. The van der Waals surface area contributed by atoms with Crippen molar-refractivity contribution in [3.63, 3.8) is 0 Å². The average Bonchev–Trinajstić information content (AvgIpc) is 2.77. The molecule has 1 saturated heterocycles. The Morgan fingerprint density at radius 2 is 1.75 bits per heavy atom. The number of carbonyl (C=O) groups is 1. The zero-order valence-electron chi connectivity index (χ0n) is 15.8. The Morgan fingerprint density at radius 1 is 0.964 bits per heavy atom. The molecule has 28 heavy (non-hydrogen) atoms. The van der Waals surface area contributed by atoms with E-state index in [1.54, 1.807) is 6.20 Å². The van der Waals surface area contributed by atoms with Crippen molar-refractivity contribution in [1.29, 1.82) is 0 Å². The molecule has 0 spiro atoms. The molecule has 0 saturated carbocycles. The standard InChI is InChI=1S/C22H24N4O2/c27-22(26-15-13-25(14-16-26)19-8-2-1-3-9-19)24-12-17-28-20-10-4-6-18-7-5-11-23-21(18)20/h1-11H,12-17H2,(H,24,27). The number of anilines is 1. The fourth-order valence-corrected chi connectivity index (χ4v) is 3.43. The Labute approximate surface area is 164 Å². The number of amides is 2. The first-order valence-electron chi connectivity index (χ1n) is 9.60. The van der Waals surface area contributed by atoms with Crippen molar-refractivity contribution >= 4 is 22.6 Å². The predicted molar refractivity (Wildman–Crippen MR) is 111 cm³/mol. The van der Waals surface area contributed by atoms with Crippen LogP contribution in [0.5, 0.6) is 5.75 Å². The van der Waals surface area contributed by atoms with Gasteiger partial charge in [0.25, 0.3) is 0 Å². The van der Waals surface area contributed by atoms with Crippen molar-refractivity contribution < 1.29 is 9.53 Å². The Balaban J connectivity index is 1.22. The van der Waals surface area contributed by atoms with E-state index in [-0.39, 0.29) is 6.03 Å². The molecule has 2 heterocycles. The van der Waals surface area contributed by atoms with E-state index in [1.807, 2.05) is 53.4 Å². The molecule has 0 radical (unpaired) electrons. The summed E-state index contributed by atoms with van der Waals surface area (Å²) in [6, 6.07) is 20.0. The normalized spacial score (nSPS) is 14.1. The molecule has 1 aliphatic heterocycles. The number of nitrogens with zero attached hydrogens (tertiary/aromatic N) is 3. The Morgan fingerprint density at radius 3 is 2.57 bits per heavy atom. The van der Waals surface area contributed by atoms with E-state index in [0.717, 1.165) is 42.8 Å². The van der Waals surface area contributed by atoms with Crippen LogP contribution in [0, 0.1) is 0 Å². The number of urea groups is 1. The Bertz CT molecular complexity index is 919. The van der Waals surface area contributed by atoms with Crippen molar-refractivity contribution in [2.45, 2.75) is 0 Å². The summed E-state index contributed by atoms with van der Waals surface area (Å²) in [5.41, 5.74) is 2.05. The summed E-state index contributed by atoms with van der Waals surface area (Å²) in [5, 5.41) is 3.99. The van der Waals surface area contributed by atoms with E-state index < -0.39 is 0 Å². The highest BCUT2D eigenvalue weighted by Crippen LogP contribution is 2.22. The van der Waals surface area contributed by atoms with Gasteiger partial charge in [0, 0.05) is 43.4 Å². The quantitative estimate of drug-likeness (QED) is 0.695. The van der Waals surface area contributed by atoms with Crippen LogP contribution in [0.2, 0.25) is 0 Å². The number of ether oxygens (including phenoxy) is 1. The van der Waals surface area contributed by atoms with Crippen LogP contribution in [-0.4, -0.2) is 55.2 Å². The molecule has 0 bridgehead atoms. The lowest BCUT2D eigenvalue weighted by molar-refractivity contribution is 0.191. The van der Waals surface area contributed by atoms with Gasteiger partial charge in [-0.3, -0.25) is 4.98 Å². The van der Waals surface area contributed by atoms with Gasteiger partial charge in [0.05, 0.1) is 6.54 Å². The molecule has 6 nitrogen and oxygen atoms in total. The molecular formula is C22H24N4O2. The van der Waals surface area contributed by atoms with Crippen LogP contribution >= 0.6 is 0 Å². The van der Waals surface area contributed by atoms with E-state index in [2.05, 4.69) is 27.3 Å². The zero-order chi connectivity index (χ0) is 19.2. The largest absolute Gasteiger partial charge is 0.489 e. The Kier molecular flexibility index (Phi) is 5.56. The van der Waals surface area contributed by atoms with Crippen LogP contribution in [0.15, 0.2) is 66.9 Å². The van der Waals surface area contributed by atoms with Crippen LogP contribution in [0.1, 0.15) is 0 Å². The highest BCUT2D eigenvalue weighted by molar-refractivity contribution is 5.84. The van der Waals surface area contributed by atoms with Gasteiger partial charge in [0.1, 0.15) is 17.9 Å². The third kappa shape index (κ3) is 4.17. The van der Waals surface area contributed by atoms with Gasteiger partial charge in [-0.05, 0) is 24.3 Å². The zero-order valence-corrected chi connectivity index (χ0v) is 15.8. The summed E-state index contributed by atoms with van der Waals surface area (Å²) in [5.74, 6) is 0.740. The maximum Gasteiger partial charge on any atom is 0.317 e. The first-order chi connectivity index (χ1) is 13.8. The van der Waals surface area contributed by atoms with Gasteiger partial charge in [0.2, 0.25) is 0 Å². The minimum atomic E-state index is -0.0349. The van der Waals surface area contributed by atoms with Gasteiger partial charge < -0.3 is 19.9 Å². The molecule has 0 aliphatic carbocycles. The van der Waals surface area contributed by atoms with Gasteiger partial charge in [-0.25, -0.2) is 4.79 Å². The number of hydrogen-bond donors (Lipinski definition) is 1. The van der Waals surface area contributed by atoms with E-state index in [4.69, 9.17) is 4.74 Å². The van der Waals surface area contributed by atoms with Gasteiger partial charge >= 0.3 is 6.03 Å². The third-order valence-corrected chi connectivity index (χ3v) is 4.92. The van der Waals surface area contributed by atoms with Crippen molar-refractivity contribution in [3.8, 4) is 5.75 Å². The van der Waals surface area contributed by atoms with Crippen LogP contribution in [0.3, 0.4) is 0 Å². The van der Waals surface area contributed by atoms with Gasteiger partial charge in [0.15, 0.2) is 0 Å². The number of rotatable bonds is 5. The number of para-hydroxylation sites is 2. The maximum atomic E-state index is 12.4. The van der Waals surface area contributed by atoms with Crippen molar-refractivity contribution in [2.75, 3.05) is 44.2 Å². The average molecular weight is 376 g/mol. The highest BCUT2D eigenvalue weighted by Gasteiger charge is 2.20. The molecule has 144 valence electrons. The third-order valence-electron chi connectivity index (χ3n) is 4.92. The second-order valence-corrected chi connectivity index (χ2v) is 6.72. The summed E-state index contributed by atoms with van der Waals surface area (Å²) in [4.78, 5) is 20.9. The van der Waals surface area contributed by atoms with Crippen LogP contribution in [0.25, 0.3) is 10.9 Å². The van der Waals surface area contributed by atoms with Crippen LogP contribution in [0.4, 0.5) is 10.5 Å². The number of fused-ring (bicyclic) bond motifs is 1. The molecule has 1 aromatic heterocycles. The molecular weight excluding hydrogens is 352 g/mol. The van der Waals surface area contributed by atoms with E-state index in [1.165, 1.54) is 5.69 Å². The number of hydrogen-bond acceptors (Lipinski definition) is 4. The topological polar surface area (TPSA) is 57.7 Å². The predicted octanol–water partition coefficient (Wildman–Crippen LogP) is 3.15. The Hall–Kier alpha value is -3.28. The van der Waals surface area contributed by atoms with Crippen molar-refractivity contribution in [1.82, 2.24) is 15.2 Å². The van der Waals surface area contributed by atoms with E-state index >= 15 is 0 Å². The molecule has 1 N–H and O–H groups in total. The summed E-state index contributed by atoms with van der Waals surface area (Å²) in [6.45, 7) is 3.99. The minimum absolute atomic E-state index is 0.0349. The van der Waals surface area contributed by atoms with Crippen molar-refractivity contribution in [2.24, 2.45) is 0 Å². The van der Waals surface area contributed by atoms with Gasteiger partial charge in [-0.1, -0.05) is 36.4 Å². The summed E-state index contributed by atoms with van der Waals surface area (Å²) in [7, 11) is 0. The second kappa shape index (κ2) is 8.61.